The molecule has 2 amide bonds. The molecule has 174 valence electrons. The number of aliphatic hydroxyl groups excluding tert-OH is 1. The zero-order valence-electron chi connectivity index (χ0n) is 17.6. The third-order valence-corrected chi connectivity index (χ3v) is 7.61. The number of halogens is 1. The summed E-state index contributed by atoms with van der Waals surface area (Å²) >= 11 is 3.58. The zero-order chi connectivity index (χ0) is 22.2. The van der Waals surface area contributed by atoms with E-state index in [1.54, 1.807) is 6.92 Å². The third kappa shape index (κ3) is 3.88. The monoisotopic (exact) mass is 503 g/mol. The molecule has 4 fully saturated rings. The van der Waals surface area contributed by atoms with Crippen LogP contribution in [0.4, 0.5) is 0 Å². The number of nitrogens with zero attached hydrogens (tertiary/aromatic N) is 2. The van der Waals surface area contributed by atoms with Crippen LogP contribution in [0.1, 0.15) is 13.3 Å². The number of carbonyl (C=O) groups is 3. The van der Waals surface area contributed by atoms with Gasteiger partial charge < -0.3 is 29.5 Å². The number of morpholine rings is 1. The lowest BCUT2D eigenvalue weighted by Crippen LogP contribution is -2.56. The number of hydrogen-bond donors (Lipinski definition) is 2. The summed E-state index contributed by atoms with van der Waals surface area (Å²) in [6, 6.07) is -0.897. The molecule has 4 aliphatic rings. The van der Waals surface area contributed by atoms with Crippen LogP contribution in [0.5, 0.6) is 0 Å². The van der Waals surface area contributed by atoms with Crippen LogP contribution in [0.3, 0.4) is 0 Å². The highest BCUT2D eigenvalue weighted by Crippen LogP contribution is 2.60. The molecule has 4 saturated heterocycles. The lowest BCUT2D eigenvalue weighted by atomic mass is 9.70. The summed E-state index contributed by atoms with van der Waals surface area (Å²) in [5.41, 5.74) is -1.11. The normalized spacial score (nSPS) is 37.2. The Morgan fingerprint density at radius 1 is 1.32 bits per heavy atom. The Labute approximate surface area is 189 Å². The predicted molar refractivity (Wildman–Crippen MR) is 111 cm³/mol. The number of nitrogens with one attached hydrogen (secondary N) is 1. The van der Waals surface area contributed by atoms with Crippen LogP contribution in [-0.4, -0.2) is 114 Å². The largest absolute Gasteiger partial charge is 0.466 e. The molecule has 0 aromatic carbocycles. The van der Waals surface area contributed by atoms with E-state index >= 15 is 0 Å². The highest BCUT2D eigenvalue weighted by Gasteiger charge is 2.76. The van der Waals surface area contributed by atoms with Gasteiger partial charge in [-0.2, -0.15) is 0 Å². The van der Waals surface area contributed by atoms with Gasteiger partial charge in [-0.3, -0.25) is 19.3 Å². The van der Waals surface area contributed by atoms with Gasteiger partial charge >= 0.3 is 5.97 Å². The summed E-state index contributed by atoms with van der Waals surface area (Å²) in [5, 5.41) is 12.5. The molecule has 0 radical (unpaired) electrons. The number of aliphatic hydroxyl groups is 1. The van der Waals surface area contributed by atoms with Gasteiger partial charge in [0.25, 0.3) is 0 Å². The Morgan fingerprint density at radius 2 is 2.06 bits per heavy atom. The van der Waals surface area contributed by atoms with Crippen LogP contribution >= 0.6 is 15.9 Å². The van der Waals surface area contributed by atoms with Crippen molar-refractivity contribution >= 4 is 33.7 Å². The van der Waals surface area contributed by atoms with E-state index in [2.05, 4.69) is 26.1 Å². The minimum atomic E-state index is -1.11. The lowest BCUT2D eigenvalue weighted by Gasteiger charge is -2.34. The van der Waals surface area contributed by atoms with Crippen molar-refractivity contribution < 1.29 is 33.7 Å². The summed E-state index contributed by atoms with van der Waals surface area (Å²) < 4.78 is 16.8. The molecule has 10 nitrogen and oxygen atoms in total. The molecule has 31 heavy (non-hydrogen) atoms. The number of rotatable bonds is 8. The first-order chi connectivity index (χ1) is 14.9. The number of amides is 2. The molecule has 11 heteroatoms. The van der Waals surface area contributed by atoms with Gasteiger partial charge in [-0.1, -0.05) is 15.9 Å². The second-order valence-electron chi connectivity index (χ2n) is 8.42. The topological polar surface area (TPSA) is 118 Å². The van der Waals surface area contributed by atoms with E-state index in [-0.39, 0.29) is 36.4 Å². The number of carbonyl (C=O) groups excluding carboxylic acids is 3. The molecule has 1 unspecified atom stereocenters. The second-order valence-corrected chi connectivity index (χ2v) is 9.59. The van der Waals surface area contributed by atoms with Gasteiger partial charge in [0.05, 0.1) is 44.4 Å². The van der Waals surface area contributed by atoms with Crippen molar-refractivity contribution in [3.8, 4) is 0 Å². The number of β-amino-alcohol motifs (C(OH)–C–C–N with tert-alkyl or cyclic N) is 1. The number of fused-ring (bicyclic) bond motifs is 1. The minimum Gasteiger partial charge on any atom is -0.466 e. The average Bonchev–Trinajstić information content (AvgIpc) is 3.33. The van der Waals surface area contributed by atoms with E-state index in [9.17, 15) is 19.5 Å². The molecule has 0 aliphatic carbocycles. The van der Waals surface area contributed by atoms with Crippen molar-refractivity contribution in [2.75, 3.05) is 59.2 Å². The lowest BCUT2D eigenvalue weighted by molar-refractivity contribution is -0.154. The number of likely N-dealkylation sites (tertiary alicyclic amines) is 1. The molecular weight excluding hydrogens is 474 g/mol. The van der Waals surface area contributed by atoms with Gasteiger partial charge in [-0.25, -0.2) is 0 Å². The van der Waals surface area contributed by atoms with Crippen LogP contribution in [-0.2, 0) is 28.6 Å². The van der Waals surface area contributed by atoms with Crippen LogP contribution in [0.15, 0.2) is 0 Å². The Morgan fingerprint density at radius 3 is 2.74 bits per heavy atom. The fourth-order valence-corrected chi connectivity index (χ4v) is 6.49. The first kappa shape index (κ1) is 22.9. The molecule has 0 aromatic heterocycles. The Bertz CT molecular complexity index is 719. The fraction of sp³-hybridized carbons (Fsp3) is 0.850. The average molecular weight is 504 g/mol. The number of ether oxygens (including phenoxy) is 3. The van der Waals surface area contributed by atoms with E-state index in [4.69, 9.17) is 14.2 Å². The van der Waals surface area contributed by atoms with Gasteiger partial charge in [0.2, 0.25) is 11.8 Å². The van der Waals surface area contributed by atoms with Gasteiger partial charge in [0, 0.05) is 37.6 Å². The van der Waals surface area contributed by atoms with Gasteiger partial charge in [0.1, 0.15) is 11.6 Å². The predicted octanol–water partition coefficient (Wildman–Crippen LogP) is -1.26. The molecule has 4 rings (SSSR count). The van der Waals surface area contributed by atoms with E-state index < -0.39 is 35.6 Å². The van der Waals surface area contributed by atoms with Gasteiger partial charge in [-0.05, 0) is 13.3 Å². The smallest absolute Gasteiger partial charge is 0.312 e. The summed E-state index contributed by atoms with van der Waals surface area (Å²) in [5.74, 6) is -2.68. The Hall–Kier alpha value is -1.27. The first-order valence-electron chi connectivity index (χ1n) is 10.9. The quantitative estimate of drug-likeness (QED) is 0.311. The highest BCUT2D eigenvalue weighted by atomic mass is 79.9. The molecule has 0 saturated carbocycles. The maximum Gasteiger partial charge on any atom is 0.312 e. The molecule has 2 bridgehead atoms. The fourth-order valence-electron chi connectivity index (χ4n) is 5.54. The summed E-state index contributed by atoms with van der Waals surface area (Å²) in [6.45, 7) is 5.75. The number of alkyl halides is 1. The van der Waals surface area contributed by atoms with Crippen molar-refractivity contribution in [3.05, 3.63) is 0 Å². The summed E-state index contributed by atoms with van der Waals surface area (Å²) in [4.78, 5) is 42.8. The molecule has 4 heterocycles. The van der Waals surface area contributed by atoms with Crippen LogP contribution in [0.25, 0.3) is 0 Å². The molecule has 4 aliphatic heterocycles. The van der Waals surface area contributed by atoms with E-state index in [1.807, 2.05) is 0 Å². The third-order valence-electron chi connectivity index (χ3n) is 6.77. The van der Waals surface area contributed by atoms with E-state index in [0.717, 1.165) is 13.1 Å². The molecule has 6 atom stereocenters. The second kappa shape index (κ2) is 9.30. The van der Waals surface area contributed by atoms with E-state index in [0.29, 0.717) is 32.7 Å². The summed E-state index contributed by atoms with van der Waals surface area (Å²) in [7, 11) is 0. The molecule has 0 aromatic rings. The van der Waals surface area contributed by atoms with Crippen LogP contribution in [0.2, 0.25) is 0 Å². The maximum atomic E-state index is 13.3. The number of hydrogen-bond acceptors (Lipinski definition) is 8. The SMILES string of the molecule is CCOC(=O)[C@H]1[C@@H]2O[C@@]3(CC2Br)[C@@H]1C(=O)N(CCO)[C@@H]3C(=O)NCCN1CCOCC1. The maximum absolute atomic E-state index is 13.3. The Kier molecular flexibility index (Phi) is 6.87. The Balaban J connectivity index is 1.53. The van der Waals surface area contributed by atoms with Crippen molar-refractivity contribution in [2.24, 2.45) is 11.8 Å². The molecule has 2 N–H and O–H groups in total. The number of esters is 1. The van der Waals surface area contributed by atoms with Crippen molar-refractivity contribution in [1.82, 2.24) is 15.1 Å². The van der Waals surface area contributed by atoms with Crippen molar-refractivity contribution in [1.29, 1.82) is 0 Å². The first-order valence-corrected chi connectivity index (χ1v) is 11.8. The van der Waals surface area contributed by atoms with Gasteiger partial charge in [-0.15, -0.1) is 0 Å². The molecule has 1 spiro atoms. The van der Waals surface area contributed by atoms with Crippen molar-refractivity contribution in [3.63, 3.8) is 0 Å². The van der Waals surface area contributed by atoms with Gasteiger partial charge in [0.15, 0.2) is 0 Å². The summed E-state index contributed by atoms with van der Waals surface area (Å²) in [6.07, 6.45) is -0.0825. The highest BCUT2D eigenvalue weighted by molar-refractivity contribution is 9.09. The van der Waals surface area contributed by atoms with Crippen LogP contribution in [0, 0.1) is 11.8 Å². The standard InChI is InChI=1S/C20H30BrN3O7/c1-2-30-19(28)13-14-18(27)24(5-8-25)16(20(14)11-12(21)15(13)31-20)17(26)22-3-4-23-6-9-29-10-7-23/h12-16,25H,2-11H2,1H3,(H,22,26)/t12?,13-,14+,15-,16-,20+/m1/s1. The van der Waals surface area contributed by atoms with E-state index in [1.165, 1.54) is 4.90 Å². The van der Waals surface area contributed by atoms with Crippen molar-refractivity contribution in [2.45, 2.75) is 35.9 Å². The van der Waals surface area contributed by atoms with Crippen LogP contribution < -0.4 is 5.32 Å². The molecular formula is C20H30BrN3O7. The minimum absolute atomic E-state index is 0.00909. The zero-order valence-corrected chi connectivity index (χ0v) is 19.2.